The lowest BCUT2D eigenvalue weighted by atomic mass is 9.87. The fraction of sp³-hybridized carbons (Fsp3) is 0.522. The van der Waals surface area contributed by atoms with Crippen LogP contribution in [0.15, 0.2) is 35.5 Å². The zero-order valence-electron chi connectivity index (χ0n) is 19.0. The monoisotopic (exact) mass is 495 g/mol. The Morgan fingerprint density at radius 2 is 1.91 bits per heavy atom. The Balaban J connectivity index is 1.84. The molecule has 33 heavy (non-hydrogen) atoms. The Morgan fingerprint density at radius 3 is 2.42 bits per heavy atom. The maximum atomic E-state index is 13.2. The van der Waals surface area contributed by atoms with Crippen LogP contribution in [0.5, 0.6) is 0 Å². The number of carbonyl (C=O) groups is 1. The average molecular weight is 496 g/mol. The largest absolute Gasteiger partial charge is 0.387 e. The van der Waals surface area contributed by atoms with Gasteiger partial charge >= 0.3 is 0 Å². The lowest BCUT2D eigenvalue weighted by Crippen LogP contribution is -2.29. The molecule has 1 saturated carbocycles. The second-order valence-corrected chi connectivity index (χ2v) is 11.7. The smallest absolute Gasteiger partial charge is 0.233 e. The Kier molecular flexibility index (Phi) is 7.78. The standard InChI is InChI=1S/C23H30ClN3O5S/c1-23(2,30)21(28)18-12-26-20(13-25-18)27-22(29)16(10-14-6-4-5-7-14)15-8-9-19(17(24)11-15)33(3,31)32/h8-9,11-14,16,21,28,30H,4-7,10H2,1-3H3,(H,26,27,29)/t16-,21?/m1/s1. The molecule has 1 heterocycles. The molecular weight excluding hydrogens is 466 g/mol. The molecule has 1 aromatic carbocycles. The van der Waals surface area contributed by atoms with E-state index < -0.39 is 27.5 Å². The second kappa shape index (κ2) is 10.0. The SMILES string of the molecule is CC(C)(O)C(O)c1cnc(NC(=O)[C@H](CC2CCCC2)c2ccc(S(C)(=O)=O)c(Cl)c2)cn1. The number of hydrogen-bond donors (Lipinski definition) is 3. The van der Waals surface area contributed by atoms with Gasteiger partial charge in [-0.2, -0.15) is 0 Å². The van der Waals surface area contributed by atoms with E-state index in [0.29, 0.717) is 17.9 Å². The van der Waals surface area contributed by atoms with Crippen LogP contribution in [0.4, 0.5) is 5.82 Å². The number of rotatable bonds is 8. The summed E-state index contributed by atoms with van der Waals surface area (Å²) in [5.74, 6) is -0.232. The predicted molar refractivity (Wildman–Crippen MR) is 126 cm³/mol. The minimum Gasteiger partial charge on any atom is -0.387 e. The van der Waals surface area contributed by atoms with Crippen molar-refractivity contribution in [1.82, 2.24) is 9.97 Å². The zero-order chi connectivity index (χ0) is 24.4. The highest BCUT2D eigenvalue weighted by molar-refractivity contribution is 7.90. The average Bonchev–Trinajstić information content (AvgIpc) is 3.23. The molecule has 0 spiro atoms. The number of aliphatic hydroxyl groups excluding tert-OH is 1. The summed E-state index contributed by atoms with van der Waals surface area (Å²) in [5, 5.41) is 22.9. The Labute approximate surface area is 199 Å². The molecule has 180 valence electrons. The van der Waals surface area contributed by atoms with Crippen molar-refractivity contribution in [3.63, 3.8) is 0 Å². The number of anilines is 1. The third kappa shape index (κ3) is 6.50. The first-order valence-corrected chi connectivity index (χ1v) is 13.2. The summed E-state index contributed by atoms with van der Waals surface area (Å²) >= 11 is 6.25. The van der Waals surface area contributed by atoms with E-state index in [1.165, 1.54) is 32.3 Å². The summed E-state index contributed by atoms with van der Waals surface area (Å²) in [7, 11) is -3.48. The van der Waals surface area contributed by atoms with Crippen LogP contribution in [0.2, 0.25) is 5.02 Å². The van der Waals surface area contributed by atoms with Crippen molar-refractivity contribution < 1.29 is 23.4 Å². The number of aliphatic hydroxyl groups is 2. The molecule has 1 unspecified atom stereocenters. The first-order valence-electron chi connectivity index (χ1n) is 10.9. The summed E-state index contributed by atoms with van der Waals surface area (Å²) in [4.78, 5) is 21.5. The van der Waals surface area contributed by atoms with Gasteiger partial charge in [-0.3, -0.25) is 9.78 Å². The summed E-state index contributed by atoms with van der Waals surface area (Å²) in [5.41, 5.74) is -0.562. The number of halogens is 1. The molecular formula is C23H30ClN3O5S. The number of carbonyl (C=O) groups excluding carboxylic acids is 1. The first-order chi connectivity index (χ1) is 15.4. The first kappa shape index (κ1) is 25.6. The van der Waals surface area contributed by atoms with Gasteiger partial charge < -0.3 is 15.5 Å². The van der Waals surface area contributed by atoms with Crippen molar-refractivity contribution in [2.75, 3.05) is 11.6 Å². The maximum absolute atomic E-state index is 13.2. The number of aromatic nitrogens is 2. The minimum absolute atomic E-state index is 0.0276. The second-order valence-electron chi connectivity index (χ2n) is 9.27. The molecule has 3 N–H and O–H groups in total. The lowest BCUT2D eigenvalue weighted by Gasteiger charge is -2.24. The maximum Gasteiger partial charge on any atom is 0.233 e. The van der Waals surface area contributed by atoms with Crippen molar-refractivity contribution in [2.24, 2.45) is 5.92 Å². The highest BCUT2D eigenvalue weighted by atomic mass is 35.5. The van der Waals surface area contributed by atoms with Crippen LogP contribution >= 0.6 is 11.6 Å². The van der Waals surface area contributed by atoms with Crippen LogP contribution in [-0.4, -0.2) is 46.4 Å². The van der Waals surface area contributed by atoms with Crippen molar-refractivity contribution >= 4 is 33.2 Å². The van der Waals surface area contributed by atoms with Crippen molar-refractivity contribution in [1.29, 1.82) is 0 Å². The van der Waals surface area contributed by atoms with Crippen LogP contribution < -0.4 is 5.32 Å². The summed E-state index contributed by atoms with van der Waals surface area (Å²) in [6.07, 6.45) is 7.46. The topological polar surface area (TPSA) is 129 Å². The van der Waals surface area contributed by atoms with Gasteiger partial charge in [-0.25, -0.2) is 13.4 Å². The molecule has 1 aliphatic carbocycles. The fourth-order valence-corrected chi connectivity index (χ4v) is 5.47. The molecule has 3 rings (SSSR count). The van der Waals surface area contributed by atoms with Crippen molar-refractivity contribution in [3.05, 3.63) is 46.9 Å². The number of nitrogens with one attached hydrogen (secondary N) is 1. The van der Waals surface area contributed by atoms with E-state index in [2.05, 4.69) is 15.3 Å². The molecule has 1 aliphatic rings. The van der Waals surface area contributed by atoms with Gasteiger partial charge in [0.05, 0.1) is 39.5 Å². The zero-order valence-corrected chi connectivity index (χ0v) is 20.5. The summed E-state index contributed by atoms with van der Waals surface area (Å²) < 4.78 is 23.8. The molecule has 1 fully saturated rings. The third-order valence-electron chi connectivity index (χ3n) is 5.99. The number of benzene rings is 1. The number of nitrogens with zero attached hydrogens (tertiary/aromatic N) is 2. The molecule has 0 saturated heterocycles. The van der Waals surface area contributed by atoms with Gasteiger partial charge in [-0.15, -0.1) is 0 Å². The molecule has 8 nitrogen and oxygen atoms in total. The molecule has 2 atom stereocenters. The van der Waals surface area contributed by atoms with E-state index in [-0.39, 0.29) is 27.3 Å². The van der Waals surface area contributed by atoms with Gasteiger partial charge in [0.1, 0.15) is 6.10 Å². The fourth-order valence-electron chi connectivity index (χ4n) is 4.13. The molecule has 1 amide bonds. The summed E-state index contributed by atoms with van der Waals surface area (Å²) in [6.45, 7) is 2.92. The van der Waals surface area contributed by atoms with E-state index in [4.69, 9.17) is 11.6 Å². The van der Waals surface area contributed by atoms with Crippen molar-refractivity contribution in [3.8, 4) is 0 Å². The van der Waals surface area contributed by atoms with E-state index in [1.54, 1.807) is 12.1 Å². The Bertz CT molecular complexity index is 1090. The normalized spacial score (nSPS) is 17.0. The van der Waals surface area contributed by atoms with Gasteiger partial charge in [0.15, 0.2) is 15.7 Å². The molecule has 2 aromatic rings. The van der Waals surface area contributed by atoms with Gasteiger partial charge in [0.25, 0.3) is 0 Å². The highest BCUT2D eigenvalue weighted by Crippen LogP contribution is 2.36. The van der Waals surface area contributed by atoms with Crippen LogP contribution in [0, 0.1) is 5.92 Å². The highest BCUT2D eigenvalue weighted by Gasteiger charge is 2.29. The molecule has 0 radical (unpaired) electrons. The predicted octanol–water partition coefficient (Wildman–Crippen LogP) is 3.64. The van der Waals surface area contributed by atoms with Gasteiger partial charge in [0.2, 0.25) is 5.91 Å². The Hall–Kier alpha value is -2.07. The van der Waals surface area contributed by atoms with Gasteiger partial charge in [0, 0.05) is 6.26 Å². The van der Waals surface area contributed by atoms with Crippen molar-refractivity contribution in [2.45, 2.75) is 68.5 Å². The molecule has 10 heteroatoms. The number of sulfone groups is 1. The third-order valence-corrected chi connectivity index (χ3v) is 7.57. The van der Waals surface area contributed by atoms with E-state index in [0.717, 1.165) is 31.9 Å². The molecule has 0 bridgehead atoms. The van der Waals surface area contributed by atoms with Crippen LogP contribution in [-0.2, 0) is 14.6 Å². The van der Waals surface area contributed by atoms with E-state index >= 15 is 0 Å². The minimum atomic E-state index is -3.48. The lowest BCUT2D eigenvalue weighted by molar-refractivity contribution is -0.118. The van der Waals surface area contributed by atoms with Gasteiger partial charge in [-0.1, -0.05) is 43.4 Å². The number of hydrogen-bond acceptors (Lipinski definition) is 7. The van der Waals surface area contributed by atoms with Crippen LogP contribution in [0.3, 0.4) is 0 Å². The van der Waals surface area contributed by atoms with Gasteiger partial charge in [-0.05, 0) is 43.9 Å². The van der Waals surface area contributed by atoms with Crippen LogP contribution in [0.25, 0.3) is 0 Å². The molecule has 0 aliphatic heterocycles. The summed E-state index contributed by atoms with van der Waals surface area (Å²) in [6, 6.07) is 4.62. The van der Waals surface area contributed by atoms with Crippen LogP contribution in [0.1, 0.15) is 69.2 Å². The van der Waals surface area contributed by atoms with E-state index in [9.17, 15) is 23.4 Å². The Morgan fingerprint density at radius 1 is 1.24 bits per heavy atom. The number of amides is 1. The quantitative estimate of drug-likeness (QED) is 0.509. The molecule has 1 aromatic heterocycles. The van der Waals surface area contributed by atoms with E-state index in [1.807, 2.05) is 0 Å².